The van der Waals surface area contributed by atoms with E-state index in [1.165, 1.54) is 9.13 Å². The molecule has 0 spiro atoms. The molecule has 0 unspecified atom stereocenters. The molecule has 2 amide bonds. The van der Waals surface area contributed by atoms with Crippen LogP contribution < -0.4 is 36.8 Å². The number of nitrogens with one attached hydrogen (secondary N) is 4. The number of aromatic amines is 2. The van der Waals surface area contributed by atoms with Crippen LogP contribution in [0.4, 0.5) is 0 Å². The van der Waals surface area contributed by atoms with Crippen molar-refractivity contribution in [3.05, 3.63) is 95.3 Å². The molecule has 11 rings (SSSR count). The Kier molecular flexibility index (Phi) is 10.5. The van der Waals surface area contributed by atoms with Crippen molar-refractivity contribution in [3.63, 3.8) is 0 Å². The molecule has 6 aromatic rings. The number of ether oxygens (including phenoxy) is 2. The minimum absolute atomic E-state index is 0.0127. The zero-order chi connectivity index (χ0) is 45.8. The van der Waals surface area contributed by atoms with Crippen LogP contribution in [0.5, 0.6) is 12.0 Å². The van der Waals surface area contributed by atoms with Crippen molar-refractivity contribution in [1.29, 1.82) is 0 Å². The van der Waals surface area contributed by atoms with Crippen LogP contribution in [0.15, 0.2) is 58.1 Å². The summed E-state index contributed by atoms with van der Waals surface area (Å²) in [5, 5.41) is 6.90. The number of benzene rings is 2. The van der Waals surface area contributed by atoms with Crippen LogP contribution in [-0.2, 0) is 23.4 Å². The minimum atomic E-state index is -0.449. The summed E-state index contributed by atoms with van der Waals surface area (Å²) in [6.07, 6.45) is 3.96. The highest BCUT2D eigenvalue weighted by Gasteiger charge is 2.53. The Labute approximate surface area is 383 Å². The summed E-state index contributed by atoms with van der Waals surface area (Å²) in [4.78, 5) is 64.7. The zero-order valence-electron chi connectivity index (χ0n) is 37.6. The lowest BCUT2D eigenvalue weighted by Crippen LogP contribution is -2.41. The highest BCUT2D eigenvalue weighted by molar-refractivity contribution is 14.1. The maximum Gasteiger partial charge on any atom is 0.512 e. The zero-order valence-corrected chi connectivity index (χ0v) is 39.8. The quantitative estimate of drug-likeness (QED) is 0.109. The maximum atomic E-state index is 12.9. The predicted octanol–water partition coefficient (Wildman–Crippen LogP) is 6.25. The molecule has 16 nitrogen and oxygen atoms in total. The molecule has 7 heterocycles. The minimum Gasteiger partial charge on any atom is -0.458 e. The number of nitrogens with zero attached hydrogens (tertiary/aromatic N) is 4. The lowest BCUT2D eigenvalue weighted by Gasteiger charge is -2.32. The third-order valence-corrected chi connectivity index (χ3v) is 14.1. The van der Waals surface area contributed by atoms with Crippen molar-refractivity contribution in [2.45, 2.75) is 116 Å². The van der Waals surface area contributed by atoms with Crippen LogP contribution in [0.3, 0.4) is 0 Å². The molecule has 0 radical (unpaired) electrons. The molecule has 2 atom stereocenters. The number of carbonyl (C=O) groups is 2. The van der Waals surface area contributed by atoms with Gasteiger partial charge in [0.2, 0.25) is 0 Å². The number of para-hydroxylation sites is 2. The molecule has 3 fully saturated rings. The number of aromatic nitrogens is 6. The van der Waals surface area contributed by atoms with Gasteiger partial charge in [0.1, 0.15) is 11.2 Å². The second-order valence-corrected chi connectivity index (χ2v) is 20.2. The van der Waals surface area contributed by atoms with E-state index >= 15 is 0 Å². The molecule has 2 aliphatic carbocycles. The normalized spacial score (nSPS) is 21.3. The van der Waals surface area contributed by atoms with Gasteiger partial charge in [0.25, 0.3) is 35.0 Å². The fraction of sp³-hybridized carbons (Fsp3) is 0.435. The molecule has 334 valence electrons. The molecule has 2 saturated carbocycles. The summed E-state index contributed by atoms with van der Waals surface area (Å²) in [7, 11) is 2.93. The number of hydrogen-bond donors (Lipinski definition) is 4. The summed E-state index contributed by atoms with van der Waals surface area (Å²) in [6.45, 7) is 16.0. The van der Waals surface area contributed by atoms with Gasteiger partial charge in [0.15, 0.2) is 0 Å². The second-order valence-electron chi connectivity index (χ2n) is 19.0. The highest BCUT2D eigenvalue weighted by Crippen LogP contribution is 2.41. The van der Waals surface area contributed by atoms with Gasteiger partial charge in [-0.05, 0) is 134 Å². The Morgan fingerprint density at radius 3 is 1.64 bits per heavy atom. The molecule has 18 heteroatoms. The van der Waals surface area contributed by atoms with Crippen molar-refractivity contribution in [2.75, 3.05) is 0 Å². The van der Waals surface area contributed by atoms with E-state index in [4.69, 9.17) is 18.8 Å². The van der Waals surface area contributed by atoms with E-state index in [0.29, 0.717) is 39.4 Å². The van der Waals surface area contributed by atoms with Crippen LogP contribution in [0.2, 0.25) is 0 Å². The number of hydrogen-bond acceptors (Lipinski definition) is 10. The van der Waals surface area contributed by atoms with Gasteiger partial charge < -0.3 is 39.4 Å². The number of carbonyl (C=O) groups excluding carboxylic acids is 2. The molecule has 4 N–H and O–H groups in total. The van der Waals surface area contributed by atoms with E-state index < -0.39 is 7.12 Å². The highest BCUT2D eigenvalue weighted by atomic mass is 127. The summed E-state index contributed by atoms with van der Waals surface area (Å²) in [5.74, 6) is -0.128. The third kappa shape index (κ3) is 7.80. The number of fused-ring (bicyclic) bond motifs is 4. The topological polar surface area (TPSA) is 196 Å². The first-order valence-corrected chi connectivity index (χ1v) is 22.6. The number of amides is 2. The average molecular weight is 983 g/mol. The van der Waals surface area contributed by atoms with Crippen LogP contribution in [0.25, 0.3) is 33.1 Å². The summed E-state index contributed by atoms with van der Waals surface area (Å²) < 4.78 is 27.7. The standard InChI is InChI=1S/C20H20N4O3.C13H19BN2O3.C13H13IN2O2/c1-10-15-13(17(25)21-10)9-14(22-15)11-5-4-6-12-16(11)23-19(24(3)18(12)26)27-20(2)7-8-20;1-7-10-8(11(17)15-7)6-9(16-10)14-18-12(2,3)13(4,5)19-14;1-13(6-7-13)18-12-15-10-8(11(17)16(12)2)4-3-5-9(10)14/h4-6,9-10,22H,7-8H2,1-3H3,(H,21,25);6-7,16H,1-5H3,(H,15,17);3-5H,6-7H2,1-2H3/t10-;7-;/m11./s1. The Balaban J connectivity index is 0.000000125. The average Bonchev–Trinajstić information content (AvgIpc) is 3.81. The van der Waals surface area contributed by atoms with E-state index in [0.717, 1.165) is 63.0 Å². The van der Waals surface area contributed by atoms with Gasteiger partial charge in [0, 0.05) is 40.2 Å². The first-order chi connectivity index (χ1) is 30.1. The fourth-order valence-electron chi connectivity index (χ4n) is 7.87. The summed E-state index contributed by atoms with van der Waals surface area (Å²) >= 11 is 2.19. The molecular weight excluding hydrogens is 930 g/mol. The molecule has 64 heavy (non-hydrogen) atoms. The smallest absolute Gasteiger partial charge is 0.458 e. The molecule has 2 aromatic carbocycles. The van der Waals surface area contributed by atoms with Crippen LogP contribution in [0.1, 0.15) is 125 Å². The Morgan fingerprint density at radius 2 is 1.14 bits per heavy atom. The first kappa shape index (κ1) is 43.8. The third-order valence-electron chi connectivity index (χ3n) is 13.2. The lowest BCUT2D eigenvalue weighted by atomic mass is 9.85. The van der Waals surface area contributed by atoms with E-state index in [9.17, 15) is 19.2 Å². The summed E-state index contributed by atoms with van der Waals surface area (Å²) in [5.41, 5.74) is 5.45. The molecule has 0 bridgehead atoms. The van der Waals surface area contributed by atoms with E-state index in [1.54, 1.807) is 26.2 Å². The number of halogens is 1. The van der Waals surface area contributed by atoms with Gasteiger partial charge in [-0.1, -0.05) is 18.2 Å². The lowest BCUT2D eigenvalue weighted by molar-refractivity contribution is 0.00578. The van der Waals surface area contributed by atoms with Gasteiger partial charge >= 0.3 is 7.12 Å². The SMILES string of the molecule is C[C@H]1NC(=O)c2cc(-c3cccc4c(=O)n(C)c(OC5(C)CC5)nc34)[nH]c21.C[C@H]1NC(=O)c2cc(B3OC(C)(C)C(C)(C)O3)[nH]c21.Cn1c(OC2(C)CC2)nc2c(I)cccc2c1=O. The van der Waals surface area contributed by atoms with Crippen molar-refractivity contribution < 1.29 is 28.4 Å². The van der Waals surface area contributed by atoms with Crippen LogP contribution in [-0.4, -0.2) is 70.4 Å². The Hall–Kier alpha value is -5.47. The first-order valence-electron chi connectivity index (χ1n) is 21.5. The van der Waals surface area contributed by atoms with Crippen LogP contribution in [0, 0.1) is 3.57 Å². The van der Waals surface area contributed by atoms with Gasteiger partial charge in [-0.2, -0.15) is 9.97 Å². The number of H-pyrrole nitrogens is 2. The largest absolute Gasteiger partial charge is 0.512 e. The molecule has 5 aliphatic rings. The van der Waals surface area contributed by atoms with E-state index in [2.05, 4.69) is 53.2 Å². The van der Waals surface area contributed by atoms with Crippen molar-refractivity contribution in [3.8, 4) is 23.3 Å². The summed E-state index contributed by atoms with van der Waals surface area (Å²) in [6, 6.07) is 15.5. The molecule has 1 saturated heterocycles. The fourth-order valence-corrected chi connectivity index (χ4v) is 8.49. The van der Waals surface area contributed by atoms with E-state index in [-0.39, 0.29) is 57.4 Å². The van der Waals surface area contributed by atoms with Crippen molar-refractivity contribution in [2.24, 2.45) is 14.1 Å². The molecule has 4 aromatic heterocycles. The van der Waals surface area contributed by atoms with E-state index in [1.807, 2.05) is 91.8 Å². The Morgan fingerprint density at radius 1 is 0.672 bits per heavy atom. The van der Waals surface area contributed by atoms with Gasteiger partial charge in [-0.25, -0.2) is 0 Å². The molecule has 3 aliphatic heterocycles. The van der Waals surface area contributed by atoms with Crippen molar-refractivity contribution >= 4 is 68.9 Å². The monoisotopic (exact) mass is 982 g/mol. The van der Waals surface area contributed by atoms with Crippen molar-refractivity contribution in [1.82, 2.24) is 39.7 Å². The number of rotatable bonds is 6. The Bertz CT molecular complexity index is 3020. The predicted molar refractivity (Wildman–Crippen MR) is 251 cm³/mol. The van der Waals surface area contributed by atoms with Gasteiger partial charge in [-0.3, -0.25) is 28.3 Å². The molecular formula is C46H52BIN8O8. The second kappa shape index (κ2) is 15.3. The van der Waals surface area contributed by atoms with Gasteiger partial charge in [-0.15, -0.1) is 0 Å². The van der Waals surface area contributed by atoms with Crippen LogP contribution >= 0.6 is 22.6 Å². The maximum absolute atomic E-state index is 12.9. The van der Waals surface area contributed by atoms with Gasteiger partial charge in [0.05, 0.1) is 61.9 Å².